The summed E-state index contributed by atoms with van der Waals surface area (Å²) in [5, 5.41) is 9.16. The second-order valence-electron chi connectivity index (χ2n) is 4.81. The third-order valence-electron chi connectivity index (χ3n) is 3.47. The first kappa shape index (κ1) is 13.5. The smallest absolute Gasteiger partial charge is 0.326 e. The van der Waals surface area contributed by atoms with Crippen LogP contribution in [0.1, 0.15) is 35.2 Å². The summed E-state index contributed by atoms with van der Waals surface area (Å²) >= 11 is 0. The Morgan fingerprint density at radius 1 is 1.37 bits per heavy atom. The van der Waals surface area contributed by atoms with Gasteiger partial charge in [0.2, 0.25) is 0 Å². The van der Waals surface area contributed by atoms with Crippen LogP contribution in [0.15, 0.2) is 18.2 Å². The van der Waals surface area contributed by atoms with Crippen molar-refractivity contribution in [1.82, 2.24) is 4.90 Å². The highest BCUT2D eigenvalue weighted by Crippen LogP contribution is 2.21. The van der Waals surface area contributed by atoms with Crippen molar-refractivity contribution in [3.63, 3.8) is 0 Å². The number of hydrogen-bond donors (Lipinski definition) is 1. The van der Waals surface area contributed by atoms with Gasteiger partial charge >= 0.3 is 5.97 Å². The highest BCUT2D eigenvalue weighted by molar-refractivity contribution is 5.97. The molecule has 1 amide bonds. The van der Waals surface area contributed by atoms with Gasteiger partial charge in [-0.2, -0.15) is 0 Å². The van der Waals surface area contributed by atoms with Crippen molar-refractivity contribution in [3.05, 3.63) is 35.1 Å². The number of hydrogen-bond acceptors (Lipinski definition) is 2. The van der Waals surface area contributed by atoms with E-state index in [1.54, 1.807) is 6.92 Å². The molecule has 1 heterocycles. The molecule has 1 aliphatic heterocycles. The molecule has 1 atom stereocenters. The number of carboxylic acid groups (broad SMARTS) is 1. The van der Waals surface area contributed by atoms with E-state index in [1.807, 2.05) is 0 Å². The molecule has 1 unspecified atom stereocenters. The van der Waals surface area contributed by atoms with E-state index in [2.05, 4.69) is 0 Å². The van der Waals surface area contributed by atoms with E-state index >= 15 is 0 Å². The molecule has 2 rings (SSSR count). The minimum atomic E-state index is -0.979. The zero-order valence-corrected chi connectivity index (χ0v) is 10.7. The van der Waals surface area contributed by atoms with Crippen molar-refractivity contribution in [2.45, 2.75) is 32.2 Å². The Bertz CT molecular complexity index is 515. The number of piperidine rings is 1. The predicted molar refractivity (Wildman–Crippen MR) is 67.4 cm³/mol. The minimum absolute atomic E-state index is 0.329. The highest BCUT2D eigenvalue weighted by atomic mass is 19.1. The van der Waals surface area contributed by atoms with E-state index in [-0.39, 0.29) is 5.91 Å². The molecule has 1 saturated heterocycles. The summed E-state index contributed by atoms with van der Waals surface area (Å²) in [4.78, 5) is 25.0. The molecule has 5 heteroatoms. The van der Waals surface area contributed by atoms with Crippen LogP contribution in [0.2, 0.25) is 0 Å². The Kier molecular flexibility index (Phi) is 3.83. The molecule has 19 heavy (non-hydrogen) atoms. The number of likely N-dealkylation sites (tertiary alicyclic amines) is 1. The Balaban J connectivity index is 2.28. The van der Waals surface area contributed by atoms with Crippen LogP contribution in [0.3, 0.4) is 0 Å². The molecular formula is C14H16FNO3. The van der Waals surface area contributed by atoms with E-state index in [0.717, 1.165) is 12.8 Å². The lowest BCUT2D eigenvalue weighted by molar-refractivity contribution is -0.143. The third kappa shape index (κ3) is 2.75. The summed E-state index contributed by atoms with van der Waals surface area (Å²) in [5.74, 6) is -1.71. The van der Waals surface area contributed by atoms with E-state index in [0.29, 0.717) is 24.1 Å². The van der Waals surface area contributed by atoms with Gasteiger partial charge in [-0.05, 0) is 49.9 Å². The highest BCUT2D eigenvalue weighted by Gasteiger charge is 2.32. The second-order valence-corrected chi connectivity index (χ2v) is 4.81. The molecule has 1 aliphatic rings. The summed E-state index contributed by atoms with van der Waals surface area (Å²) in [6, 6.07) is 3.15. The van der Waals surface area contributed by atoms with Gasteiger partial charge in [-0.15, -0.1) is 0 Å². The fourth-order valence-electron chi connectivity index (χ4n) is 2.45. The SMILES string of the molecule is Cc1cc(F)ccc1C(=O)N1CCCCC1C(=O)O. The predicted octanol–water partition coefficient (Wildman–Crippen LogP) is 2.21. The maximum atomic E-state index is 13.0. The molecule has 1 fully saturated rings. The van der Waals surface area contributed by atoms with E-state index in [4.69, 9.17) is 5.11 Å². The zero-order valence-electron chi connectivity index (χ0n) is 10.7. The number of nitrogens with zero attached hydrogens (tertiary/aromatic N) is 1. The Morgan fingerprint density at radius 3 is 2.74 bits per heavy atom. The van der Waals surface area contributed by atoms with Crippen molar-refractivity contribution >= 4 is 11.9 Å². The molecule has 4 nitrogen and oxygen atoms in total. The number of aliphatic carboxylic acids is 1. The fourth-order valence-corrected chi connectivity index (χ4v) is 2.45. The number of carbonyl (C=O) groups excluding carboxylic acids is 1. The summed E-state index contributed by atoms with van der Waals surface area (Å²) in [6.07, 6.45) is 2.08. The molecule has 0 aromatic heterocycles. The van der Waals surface area contributed by atoms with Gasteiger partial charge in [-0.25, -0.2) is 9.18 Å². The fraction of sp³-hybridized carbons (Fsp3) is 0.429. The molecule has 0 saturated carbocycles. The largest absolute Gasteiger partial charge is 0.480 e. The van der Waals surface area contributed by atoms with Crippen LogP contribution in [-0.4, -0.2) is 34.5 Å². The molecule has 0 bridgehead atoms. The van der Waals surface area contributed by atoms with Crippen LogP contribution in [0.25, 0.3) is 0 Å². The van der Waals surface area contributed by atoms with Crippen LogP contribution in [-0.2, 0) is 4.79 Å². The first-order valence-corrected chi connectivity index (χ1v) is 6.30. The number of rotatable bonds is 2. The Morgan fingerprint density at radius 2 is 2.11 bits per heavy atom. The second kappa shape index (κ2) is 5.38. The minimum Gasteiger partial charge on any atom is -0.480 e. The zero-order chi connectivity index (χ0) is 14.0. The number of aryl methyl sites for hydroxylation is 1. The molecule has 102 valence electrons. The monoisotopic (exact) mass is 265 g/mol. The maximum Gasteiger partial charge on any atom is 0.326 e. The topological polar surface area (TPSA) is 57.6 Å². The molecule has 1 N–H and O–H groups in total. The van der Waals surface area contributed by atoms with Crippen molar-refractivity contribution in [2.24, 2.45) is 0 Å². The summed E-state index contributed by atoms with van der Waals surface area (Å²) in [7, 11) is 0. The Hall–Kier alpha value is -1.91. The van der Waals surface area contributed by atoms with E-state index in [9.17, 15) is 14.0 Å². The lowest BCUT2D eigenvalue weighted by Gasteiger charge is -2.33. The first-order valence-electron chi connectivity index (χ1n) is 6.30. The molecule has 0 aliphatic carbocycles. The summed E-state index contributed by atoms with van der Waals surface area (Å²) in [6.45, 7) is 2.09. The van der Waals surface area contributed by atoms with Gasteiger partial charge < -0.3 is 10.0 Å². The van der Waals surface area contributed by atoms with E-state index in [1.165, 1.54) is 23.1 Å². The van der Waals surface area contributed by atoms with Gasteiger partial charge in [-0.1, -0.05) is 0 Å². The molecule has 1 aromatic carbocycles. The van der Waals surface area contributed by atoms with Crippen molar-refractivity contribution in [1.29, 1.82) is 0 Å². The number of carboxylic acids is 1. The lowest BCUT2D eigenvalue weighted by Crippen LogP contribution is -2.48. The third-order valence-corrected chi connectivity index (χ3v) is 3.47. The van der Waals surface area contributed by atoms with Gasteiger partial charge in [0, 0.05) is 12.1 Å². The van der Waals surface area contributed by atoms with Gasteiger partial charge in [0.05, 0.1) is 0 Å². The quantitative estimate of drug-likeness (QED) is 0.892. The number of benzene rings is 1. The van der Waals surface area contributed by atoms with Gasteiger partial charge in [-0.3, -0.25) is 4.79 Å². The van der Waals surface area contributed by atoms with E-state index < -0.39 is 17.8 Å². The van der Waals surface area contributed by atoms with Gasteiger partial charge in [0.1, 0.15) is 11.9 Å². The number of halogens is 1. The summed E-state index contributed by atoms with van der Waals surface area (Å²) in [5.41, 5.74) is 0.897. The molecule has 0 spiro atoms. The average molecular weight is 265 g/mol. The average Bonchev–Trinajstić information content (AvgIpc) is 2.38. The summed E-state index contributed by atoms with van der Waals surface area (Å²) < 4.78 is 13.0. The lowest BCUT2D eigenvalue weighted by atomic mass is 9.99. The van der Waals surface area contributed by atoms with Crippen LogP contribution in [0.5, 0.6) is 0 Å². The van der Waals surface area contributed by atoms with Crippen LogP contribution < -0.4 is 0 Å². The van der Waals surface area contributed by atoms with Gasteiger partial charge in [0.25, 0.3) is 5.91 Å². The van der Waals surface area contributed by atoms with Crippen molar-refractivity contribution < 1.29 is 19.1 Å². The molecule has 0 radical (unpaired) electrons. The first-order chi connectivity index (χ1) is 9.00. The van der Waals surface area contributed by atoms with Crippen molar-refractivity contribution in [2.75, 3.05) is 6.54 Å². The molecule has 1 aromatic rings. The number of carbonyl (C=O) groups is 2. The van der Waals surface area contributed by atoms with Crippen molar-refractivity contribution in [3.8, 4) is 0 Å². The maximum absolute atomic E-state index is 13.0. The van der Waals surface area contributed by atoms with Crippen LogP contribution in [0, 0.1) is 12.7 Å². The molecular weight excluding hydrogens is 249 g/mol. The van der Waals surface area contributed by atoms with Crippen LogP contribution in [0.4, 0.5) is 4.39 Å². The normalized spacial score (nSPS) is 19.3. The standard InChI is InChI=1S/C14H16FNO3/c1-9-8-10(15)5-6-11(9)13(17)16-7-3-2-4-12(16)14(18)19/h5-6,8,12H,2-4,7H2,1H3,(H,18,19). The van der Waals surface area contributed by atoms with Gasteiger partial charge in [0.15, 0.2) is 0 Å². The Labute approximate surface area is 110 Å². The number of amides is 1. The van der Waals surface area contributed by atoms with Crippen LogP contribution >= 0.6 is 0 Å².